The summed E-state index contributed by atoms with van der Waals surface area (Å²) in [5, 5.41) is 1.81. The summed E-state index contributed by atoms with van der Waals surface area (Å²) in [6.07, 6.45) is 12.4. The average molecular weight is 1630 g/mol. The van der Waals surface area contributed by atoms with Gasteiger partial charge >= 0.3 is 29.8 Å². The van der Waals surface area contributed by atoms with Crippen LogP contribution in [0.2, 0.25) is 0 Å². The molecule has 0 bridgehead atoms. The highest BCUT2D eigenvalue weighted by Crippen LogP contribution is 2.30. The van der Waals surface area contributed by atoms with E-state index in [2.05, 4.69) is 55.8 Å². The normalized spacial score (nSPS) is 10.2. The van der Waals surface area contributed by atoms with Crippen LogP contribution >= 0.6 is 0 Å². The fourth-order valence-corrected chi connectivity index (χ4v) is 10.2. The van der Waals surface area contributed by atoms with Crippen LogP contribution in [0.1, 0.15) is 91.9 Å². The molecule has 0 spiro atoms. The van der Waals surface area contributed by atoms with E-state index >= 15 is 0 Å². The molecular formula is C96H94O24. The molecular weight excluding hydrogens is 1540 g/mol. The van der Waals surface area contributed by atoms with Crippen molar-refractivity contribution in [3.05, 3.63) is 333 Å². The number of ether oxygens (including phenoxy) is 15. The Morgan fingerprint density at radius 3 is 0.983 bits per heavy atom. The standard InChI is InChI=1S/C38H38O10.C33H34O10.C25H22O4/c1-3-21-46-47-25-8-7-23-42-33-17-19-34(20-18-33)44-28-45-35-15-11-31-27-36(16-12-30(31)26-35)48-38(40)29-9-13-32(14-10-29)41-22-5-6-24-43-37(39)4-2;1-4-18-41-42-22-7-20-37-28-12-14-29(15-13-28)39-24-40-31-17-16-30(23-25(31)3)43-33(35)26-8-10-27(11-9-26)36-19-6-21-38-32(34)5-2;1-4-19-6-10-21(11-7-19)25(26)29-23-14-15-24(18(3)16-23)28-17-27-22-12-8-20(5-2)9-13-22/h4,9-21,26-27H,1-2,5-8,22-25,28H2;5,8-18,23H,1-2,6-7,19-22,24H2,3H3;4-16H,1-2,17H2,3H3. The predicted molar refractivity (Wildman–Crippen MR) is 452 cm³/mol. The lowest BCUT2D eigenvalue weighted by Crippen LogP contribution is -2.10. The summed E-state index contributed by atoms with van der Waals surface area (Å²) in [6.45, 7) is 27.9. The van der Waals surface area contributed by atoms with Crippen molar-refractivity contribution in [2.75, 3.05) is 73.2 Å². The van der Waals surface area contributed by atoms with Gasteiger partial charge in [0.15, 0.2) is 12.5 Å². The molecule has 0 aliphatic carbocycles. The molecule has 0 aliphatic heterocycles. The highest BCUT2D eigenvalue weighted by Gasteiger charge is 2.16. The van der Waals surface area contributed by atoms with Crippen molar-refractivity contribution in [2.45, 2.75) is 52.4 Å². The molecule has 0 aliphatic rings. The van der Waals surface area contributed by atoms with Crippen LogP contribution in [0.15, 0.2) is 294 Å². The fraction of sp³-hybridized carbons (Fsp3) is 0.198. The van der Waals surface area contributed by atoms with E-state index in [1.54, 1.807) is 146 Å². The van der Waals surface area contributed by atoms with Gasteiger partial charge in [-0.25, -0.2) is 24.0 Å². The van der Waals surface area contributed by atoms with Crippen molar-refractivity contribution >= 4 is 52.8 Å². The number of esters is 5. The Kier molecular flexibility index (Phi) is 39.4. The number of aryl methyl sites for hydroxylation is 2. The van der Waals surface area contributed by atoms with E-state index in [4.69, 9.17) is 85.7 Å². The van der Waals surface area contributed by atoms with Gasteiger partial charge in [-0.05, 0) is 255 Å². The SMILES string of the molecule is C=C=COOCCCCOc1ccc(OCOc2ccc3cc(OC(=O)c4ccc(OCCCCOC(=O)C=C)cc4)ccc3c2)cc1.C=C=COOCCCOc1ccc(OCOc2ccc(OC(=O)c3ccc(OCCCOC(=O)C=C)cc3)cc2C)cc1.C=Cc1ccc(OCOc2ccc(OC(=O)c3ccc(C=C)cc3)cc2C)cc1. The van der Waals surface area contributed by atoms with E-state index in [1.165, 1.54) is 12.5 Å². The highest BCUT2D eigenvalue weighted by atomic mass is 17.2. The first-order valence-corrected chi connectivity index (χ1v) is 38.0. The summed E-state index contributed by atoms with van der Waals surface area (Å²) in [5.74, 6) is 5.48. The van der Waals surface area contributed by atoms with Gasteiger partial charge in [-0.2, -0.15) is 9.78 Å². The second-order valence-electron chi connectivity index (χ2n) is 25.2. The second kappa shape index (κ2) is 52.0. The van der Waals surface area contributed by atoms with Gasteiger partial charge in [0.1, 0.15) is 74.7 Å². The lowest BCUT2D eigenvalue weighted by atomic mass is 10.1. The van der Waals surface area contributed by atoms with Gasteiger partial charge in [0, 0.05) is 25.0 Å². The molecule has 0 amide bonds. The Labute approximate surface area is 697 Å². The van der Waals surface area contributed by atoms with Gasteiger partial charge in [-0.1, -0.05) is 99.5 Å². The zero-order chi connectivity index (χ0) is 85.2. The van der Waals surface area contributed by atoms with Crippen molar-refractivity contribution in [3.63, 3.8) is 0 Å². The van der Waals surface area contributed by atoms with E-state index in [1.807, 2.05) is 98.8 Å². The maximum absolute atomic E-state index is 12.7. The number of unbranched alkanes of at least 4 members (excludes halogenated alkanes) is 2. The summed E-state index contributed by atoms with van der Waals surface area (Å²) in [5.41, 5.74) is 9.71. The Bertz CT molecular complexity index is 5010. The maximum Gasteiger partial charge on any atom is 0.343 e. The van der Waals surface area contributed by atoms with Gasteiger partial charge < -0.3 is 80.8 Å². The number of hydrogen-bond acceptors (Lipinski definition) is 24. The molecule has 10 aromatic rings. The number of rotatable bonds is 48. The fourth-order valence-electron chi connectivity index (χ4n) is 10.2. The van der Waals surface area contributed by atoms with Crippen LogP contribution in [0.4, 0.5) is 0 Å². The minimum atomic E-state index is -0.505. The molecule has 0 fully saturated rings. The van der Waals surface area contributed by atoms with Crippen LogP contribution < -0.4 is 61.6 Å². The highest BCUT2D eigenvalue weighted by molar-refractivity contribution is 5.93. The minimum Gasteiger partial charge on any atom is -0.494 e. The quantitative estimate of drug-likeness (QED) is 0.00395. The molecule has 24 heteroatoms. The van der Waals surface area contributed by atoms with Crippen molar-refractivity contribution in [2.24, 2.45) is 0 Å². The van der Waals surface area contributed by atoms with E-state index < -0.39 is 29.8 Å². The van der Waals surface area contributed by atoms with Crippen LogP contribution in [-0.2, 0) is 38.6 Å². The number of fused-ring (bicyclic) bond motifs is 1. The molecule has 0 aromatic heterocycles. The monoisotopic (exact) mass is 1630 g/mol. The second-order valence-corrected chi connectivity index (χ2v) is 25.2. The molecule has 24 nitrogen and oxygen atoms in total. The van der Waals surface area contributed by atoms with E-state index in [9.17, 15) is 24.0 Å². The van der Waals surface area contributed by atoms with Gasteiger partial charge in [0.25, 0.3) is 0 Å². The molecule has 0 saturated heterocycles. The van der Waals surface area contributed by atoms with Crippen molar-refractivity contribution in [1.82, 2.24) is 0 Å². The van der Waals surface area contributed by atoms with Crippen LogP contribution in [-0.4, -0.2) is 103 Å². The topological polar surface area (TPSA) is 261 Å². The van der Waals surface area contributed by atoms with E-state index in [0.717, 1.165) is 63.8 Å². The van der Waals surface area contributed by atoms with Crippen molar-refractivity contribution in [1.29, 1.82) is 0 Å². The number of hydrogen-bond donors (Lipinski definition) is 0. The third-order valence-electron chi connectivity index (χ3n) is 16.5. The number of carbonyl (C=O) groups is 5. The van der Waals surface area contributed by atoms with Crippen molar-refractivity contribution in [3.8, 4) is 74.7 Å². The lowest BCUT2D eigenvalue weighted by molar-refractivity contribution is -0.249. The molecule has 0 radical (unpaired) electrons. The third kappa shape index (κ3) is 33.6. The Hall–Kier alpha value is -14.7. The molecule has 0 heterocycles. The number of carbonyl (C=O) groups excluding carboxylic acids is 5. The molecule has 0 atom stereocenters. The summed E-state index contributed by atoms with van der Waals surface area (Å²) in [6, 6.07) is 63.7. The van der Waals surface area contributed by atoms with Gasteiger partial charge in [0.05, 0.1) is 69.5 Å². The number of benzene rings is 10. The zero-order valence-electron chi connectivity index (χ0n) is 66.8. The molecule has 120 heavy (non-hydrogen) atoms. The summed E-state index contributed by atoms with van der Waals surface area (Å²) in [7, 11) is 0. The van der Waals surface area contributed by atoms with E-state index in [0.29, 0.717) is 158 Å². The third-order valence-corrected chi connectivity index (χ3v) is 16.5. The Morgan fingerprint density at radius 2 is 0.583 bits per heavy atom. The molecule has 622 valence electrons. The van der Waals surface area contributed by atoms with Crippen LogP contribution in [0, 0.1) is 13.8 Å². The molecule has 0 saturated carbocycles. The largest absolute Gasteiger partial charge is 0.494 e. The zero-order valence-corrected chi connectivity index (χ0v) is 66.8. The first-order chi connectivity index (χ1) is 58.6. The average Bonchev–Trinajstić information content (AvgIpc) is 0.822. The van der Waals surface area contributed by atoms with Crippen LogP contribution in [0.25, 0.3) is 22.9 Å². The van der Waals surface area contributed by atoms with E-state index in [-0.39, 0.29) is 27.0 Å². The maximum atomic E-state index is 12.7. The van der Waals surface area contributed by atoms with Crippen molar-refractivity contribution < 1.29 is 115 Å². The summed E-state index contributed by atoms with van der Waals surface area (Å²) in [4.78, 5) is 78.8. The minimum absolute atomic E-state index is 0.00887. The van der Waals surface area contributed by atoms with Gasteiger partial charge in [0.2, 0.25) is 20.4 Å². The van der Waals surface area contributed by atoms with Gasteiger partial charge in [-0.3, -0.25) is 0 Å². The smallest absolute Gasteiger partial charge is 0.343 e. The Morgan fingerprint density at radius 1 is 0.300 bits per heavy atom. The first-order valence-electron chi connectivity index (χ1n) is 38.0. The van der Waals surface area contributed by atoms with Gasteiger partial charge in [-0.15, -0.1) is 0 Å². The molecule has 10 aromatic carbocycles. The lowest BCUT2D eigenvalue weighted by Gasteiger charge is -2.12. The summed E-state index contributed by atoms with van der Waals surface area (Å²) < 4.78 is 83.2. The summed E-state index contributed by atoms with van der Waals surface area (Å²) >= 11 is 0. The van der Waals surface area contributed by atoms with Crippen LogP contribution in [0.3, 0.4) is 0 Å². The van der Waals surface area contributed by atoms with Crippen LogP contribution in [0.5, 0.6) is 74.7 Å². The Balaban J connectivity index is 0.000000230. The predicted octanol–water partition coefficient (Wildman–Crippen LogP) is 19.8. The molecule has 0 N–H and O–H groups in total. The first kappa shape index (κ1) is 90.9. The molecule has 10 rings (SSSR count). The molecule has 0 unspecified atom stereocenters.